The maximum atomic E-state index is 5.90. The van der Waals surface area contributed by atoms with E-state index in [1.54, 1.807) is 0 Å². The van der Waals surface area contributed by atoms with Gasteiger partial charge in [0, 0.05) is 16.8 Å². The van der Waals surface area contributed by atoms with Gasteiger partial charge < -0.3 is 5.32 Å². The minimum absolute atomic E-state index is 0.390. The molecule has 0 aliphatic carbocycles. The number of rotatable bonds is 4. The number of hydrogen-bond acceptors (Lipinski definition) is 1. The molecule has 0 aromatic heterocycles. The lowest BCUT2D eigenvalue weighted by molar-refractivity contribution is 0.789. The lowest BCUT2D eigenvalue weighted by Crippen LogP contribution is -2.18. The average Bonchev–Trinajstić information content (AvgIpc) is 2.37. The SMILES string of the molecule is Cc1ccc(C)c(NC(C)Cc2ccc(Cl)cc2)c1. The lowest BCUT2D eigenvalue weighted by Gasteiger charge is -2.17. The van der Waals surface area contributed by atoms with E-state index in [9.17, 15) is 0 Å². The normalized spacial score (nSPS) is 12.2. The Balaban J connectivity index is 2.02. The topological polar surface area (TPSA) is 12.0 Å². The number of benzene rings is 2. The highest BCUT2D eigenvalue weighted by Crippen LogP contribution is 2.19. The molecular weight excluding hydrogens is 254 g/mol. The lowest BCUT2D eigenvalue weighted by atomic mass is 10.1. The summed E-state index contributed by atoms with van der Waals surface area (Å²) in [6.45, 7) is 6.46. The molecule has 2 rings (SSSR count). The van der Waals surface area contributed by atoms with Crippen molar-refractivity contribution in [1.82, 2.24) is 0 Å². The Morgan fingerprint density at radius 2 is 1.74 bits per heavy atom. The van der Waals surface area contributed by atoms with Crippen LogP contribution >= 0.6 is 11.6 Å². The van der Waals surface area contributed by atoms with Crippen LogP contribution in [0.2, 0.25) is 5.02 Å². The van der Waals surface area contributed by atoms with Gasteiger partial charge in [0.1, 0.15) is 0 Å². The zero-order valence-corrected chi connectivity index (χ0v) is 12.5. The second kappa shape index (κ2) is 6.12. The van der Waals surface area contributed by atoms with Crippen molar-refractivity contribution >= 4 is 17.3 Å². The van der Waals surface area contributed by atoms with Crippen molar-refractivity contribution in [3.63, 3.8) is 0 Å². The smallest absolute Gasteiger partial charge is 0.0406 e. The number of hydrogen-bond donors (Lipinski definition) is 1. The fraction of sp³-hybridized carbons (Fsp3) is 0.294. The zero-order valence-electron chi connectivity index (χ0n) is 11.7. The van der Waals surface area contributed by atoms with Crippen molar-refractivity contribution in [1.29, 1.82) is 0 Å². The van der Waals surface area contributed by atoms with Gasteiger partial charge in [-0.15, -0.1) is 0 Å². The maximum Gasteiger partial charge on any atom is 0.0406 e. The van der Waals surface area contributed by atoms with Crippen LogP contribution in [0.5, 0.6) is 0 Å². The van der Waals surface area contributed by atoms with Gasteiger partial charge in [-0.3, -0.25) is 0 Å². The summed E-state index contributed by atoms with van der Waals surface area (Å²) in [6.07, 6.45) is 0.991. The Morgan fingerprint density at radius 3 is 2.42 bits per heavy atom. The van der Waals surface area contributed by atoms with E-state index in [0.717, 1.165) is 11.4 Å². The second-order valence-electron chi connectivity index (χ2n) is 5.19. The largest absolute Gasteiger partial charge is 0.382 e. The predicted molar refractivity (Wildman–Crippen MR) is 84.2 cm³/mol. The molecule has 0 heterocycles. The fourth-order valence-corrected chi connectivity index (χ4v) is 2.31. The summed E-state index contributed by atoms with van der Waals surface area (Å²) < 4.78 is 0. The fourth-order valence-electron chi connectivity index (χ4n) is 2.18. The molecule has 2 aromatic rings. The van der Waals surface area contributed by atoms with Crippen LogP contribution in [0.15, 0.2) is 42.5 Å². The Kier molecular flexibility index (Phi) is 4.49. The molecule has 0 spiro atoms. The van der Waals surface area contributed by atoms with Crippen LogP contribution in [0.1, 0.15) is 23.6 Å². The van der Waals surface area contributed by atoms with Crippen LogP contribution in [-0.4, -0.2) is 6.04 Å². The first-order valence-corrected chi connectivity index (χ1v) is 7.00. The van der Waals surface area contributed by atoms with Gasteiger partial charge in [0.25, 0.3) is 0 Å². The molecule has 100 valence electrons. The number of anilines is 1. The molecule has 0 aliphatic heterocycles. The van der Waals surface area contributed by atoms with Crippen LogP contribution in [0.3, 0.4) is 0 Å². The Morgan fingerprint density at radius 1 is 1.05 bits per heavy atom. The summed E-state index contributed by atoms with van der Waals surface area (Å²) in [5.74, 6) is 0. The first-order chi connectivity index (χ1) is 9.04. The van der Waals surface area contributed by atoms with Crippen LogP contribution in [0.4, 0.5) is 5.69 Å². The molecule has 19 heavy (non-hydrogen) atoms. The van der Waals surface area contributed by atoms with E-state index in [1.807, 2.05) is 12.1 Å². The minimum Gasteiger partial charge on any atom is -0.382 e. The third-order valence-electron chi connectivity index (χ3n) is 3.25. The summed E-state index contributed by atoms with van der Waals surface area (Å²) in [5, 5.41) is 4.37. The van der Waals surface area contributed by atoms with Crippen LogP contribution in [-0.2, 0) is 6.42 Å². The molecule has 0 aliphatic rings. The predicted octanol–water partition coefficient (Wildman–Crippen LogP) is 5.00. The van der Waals surface area contributed by atoms with Crippen LogP contribution in [0, 0.1) is 13.8 Å². The van der Waals surface area contributed by atoms with E-state index in [1.165, 1.54) is 22.4 Å². The summed E-state index contributed by atoms with van der Waals surface area (Å²) in [4.78, 5) is 0. The first kappa shape index (κ1) is 14.0. The van der Waals surface area contributed by atoms with E-state index in [4.69, 9.17) is 11.6 Å². The number of nitrogens with one attached hydrogen (secondary N) is 1. The van der Waals surface area contributed by atoms with Crippen molar-refractivity contribution in [3.05, 3.63) is 64.2 Å². The number of halogens is 1. The molecule has 2 aromatic carbocycles. The van der Waals surface area contributed by atoms with Crippen molar-refractivity contribution < 1.29 is 0 Å². The zero-order chi connectivity index (χ0) is 13.8. The Bertz CT molecular complexity index is 546. The summed E-state index contributed by atoms with van der Waals surface area (Å²) in [6, 6.07) is 15.0. The van der Waals surface area contributed by atoms with Gasteiger partial charge in [-0.1, -0.05) is 35.9 Å². The van der Waals surface area contributed by atoms with Crippen molar-refractivity contribution in [3.8, 4) is 0 Å². The van der Waals surface area contributed by atoms with Crippen LogP contribution < -0.4 is 5.32 Å². The van der Waals surface area contributed by atoms with E-state index < -0.39 is 0 Å². The van der Waals surface area contributed by atoms with Gasteiger partial charge in [0.2, 0.25) is 0 Å². The van der Waals surface area contributed by atoms with E-state index in [0.29, 0.717) is 6.04 Å². The van der Waals surface area contributed by atoms with Gasteiger partial charge in [-0.2, -0.15) is 0 Å². The summed E-state index contributed by atoms with van der Waals surface area (Å²) in [5.41, 5.74) is 5.09. The quantitative estimate of drug-likeness (QED) is 0.827. The molecular formula is C17H20ClN. The van der Waals surface area contributed by atoms with E-state index >= 15 is 0 Å². The minimum atomic E-state index is 0.390. The molecule has 0 saturated carbocycles. The molecule has 0 fully saturated rings. The second-order valence-corrected chi connectivity index (χ2v) is 5.63. The molecule has 1 atom stereocenters. The highest BCUT2D eigenvalue weighted by Gasteiger charge is 2.06. The molecule has 1 unspecified atom stereocenters. The standard InChI is InChI=1S/C17H20ClN/c1-12-4-5-13(2)17(10-12)19-14(3)11-15-6-8-16(18)9-7-15/h4-10,14,19H,11H2,1-3H3. The molecule has 2 heteroatoms. The average molecular weight is 274 g/mol. The third kappa shape index (κ3) is 4.00. The van der Waals surface area contributed by atoms with Gasteiger partial charge >= 0.3 is 0 Å². The van der Waals surface area contributed by atoms with Gasteiger partial charge in [-0.05, 0) is 62.1 Å². The molecule has 0 radical (unpaired) electrons. The molecule has 0 saturated heterocycles. The number of aryl methyl sites for hydroxylation is 2. The Hall–Kier alpha value is -1.47. The van der Waals surface area contributed by atoms with Gasteiger partial charge in [-0.25, -0.2) is 0 Å². The molecule has 1 N–H and O–H groups in total. The summed E-state index contributed by atoms with van der Waals surface area (Å²) >= 11 is 5.90. The molecule has 0 amide bonds. The molecule has 0 bridgehead atoms. The highest BCUT2D eigenvalue weighted by atomic mass is 35.5. The van der Waals surface area contributed by atoms with E-state index in [-0.39, 0.29) is 0 Å². The summed E-state index contributed by atoms with van der Waals surface area (Å²) in [7, 11) is 0. The maximum absolute atomic E-state index is 5.90. The first-order valence-electron chi connectivity index (χ1n) is 6.63. The van der Waals surface area contributed by atoms with E-state index in [2.05, 4.69) is 56.4 Å². The third-order valence-corrected chi connectivity index (χ3v) is 3.50. The molecule has 1 nitrogen and oxygen atoms in total. The van der Waals surface area contributed by atoms with Crippen molar-refractivity contribution in [2.75, 3.05) is 5.32 Å². The monoisotopic (exact) mass is 273 g/mol. The van der Waals surface area contributed by atoms with Crippen LogP contribution in [0.25, 0.3) is 0 Å². The van der Waals surface area contributed by atoms with Gasteiger partial charge in [0.15, 0.2) is 0 Å². The Labute approximate surface area is 120 Å². The van der Waals surface area contributed by atoms with Crippen molar-refractivity contribution in [2.24, 2.45) is 0 Å². The van der Waals surface area contributed by atoms with Crippen molar-refractivity contribution in [2.45, 2.75) is 33.2 Å². The van der Waals surface area contributed by atoms with Gasteiger partial charge in [0.05, 0.1) is 0 Å². The highest BCUT2D eigenvalue weighted by molar-refractivity contribution is 6.30.